The lowest BCUT2D eigenvalue weighted by Crippen LogP contribution is -2.54. The monoisotopic (exact) mass is 171 g/mol. The largest absolute Gasteiger partial charge is 0.336 e. The highest BCUT2D eigenvalue weighted by molar-refractivity contribution is 5.81. The van der Waals surface area contributed by atoms with Crippen LogP contribution in [0.2, 0.25) is 0 Å². The van der Waals surface area contributed by atoms with Crippen molar-refractivity contribution in [1.82, 2.24) is 15.8 Å². The molecule has 0 aromatic rings. The highest BCUT2D eigenvalue weighted by Crippen LogP contribution is 1.95. The standard InChI is InChI=1S/C7H13N3O2/c1-2-6(11)9-10-5-3-4-8-7(10)12/h2-5H2,1H3,(H,8,12)(H,9,11). The van der Waals surface area contributed by atoms with Gasteiger partial charge in [-0.2, -0.15) is 0 Å². The van der Waals surface area contributed by atoms with Crippen LogP contribution < -0.4 is 10.7 Å². The Labute approximate surface area is 71.1 Å². The number of nitrogens with one attached hydrogen (secondary N) is 2. The van der Waals surface area contributed by atoms with Crippen LogP contribution in [0.15, 0.2) is 0 Å². The minimum absolute atomic E-state index is 0.132. The predicted octanol–water partition coefficient (Wildman–Crippen LogP) is -0.157. The fourth-order valence-corrected chi connectivity index (χ4v) is 0.966. The Morgan fingerprint density at radius 3 is 3.08 bits per heavy atom. The normalized spacial score (nSPS) is 17.1. The molecular formula is C7H13N3O2. The molecule has 5 nitrogen and oxygen atoms in total. The molecular weight excluding hydrogens is 158 g/mol. The third-order valence-electron chi connectivity index (χ3n) is 1.66. The Morgan fingerprint density at radius 1 is 1.75 bits per heavy atom. The molecule has 1 aliphatic rings. The fourth-order valence-electron chi connectivity index (χ4n) is 0.966. The van der Waals surface area contributed by atoms with Crippen LogP contribution in [-0.2, 0) is 4.79 Å². The van der Waals surface area contributed by atoms with Gasteiger partial charge in [0.2, 0.25) is 5.91 Å². The van der Waals surface area contributed by atoms with Crippen LogP contribution in [0.3, 0.4) is 0 Å². The number of hydrazine groups is 1. The van der Waals surface area contributed by atoms with Gasteiger partial charge in [-0.15, -0.1) is 0 Å². The molecule has 0 radical (unpaired) electrons. The Hall–Kier alpha value is -1.26. The van der Waals surface area contributed by atoms with E-state index in [-0.39, 0.29) is 11.9 Å². The summed E-state index contributed by atoms with van der Waals surface area (Å²) in [5, 5.41) is 3.95. The molecule has 0 saturated carbocycles. The summed E-state index contributed by atoms with van der Waals surface area (Å²) in [7, 11) is 0. The van der Waals surface area contributed by atoms with Crippen molar-refractivity contribution in [3.05, 3.63) is 0 Å². The minimum Gasteiger partial charge on any atom is -0.336 e. The number of carbonyl (C=O) groups is 2. The van der Waals surface area contributed by atoms with E-state index in [4.69, 9.17) is 0 Å². The Kier molecular flexibility index (Phi) is 2.90. The first-order valence-corrected chi connectivity index (χ1v) is 4.09. The molecule has 0 unspecified atom stereocenters. The van der Waals surface area contributed by atoms with Crippen LogP contribution in [0.25, 0.3) is 0 Å². The maximum atomic E-state index is 11.0. The molecule has 0 aromatic carbocycles. The molecule has 1 rings (SSSR count). The molecule has 1 fully saturated rings. The number of hydrogen-bond acceptors (Lipinski definition) is 2. The van der Waals surface area contributed by atoms with Crippen molar-refractivity contribution in [2.45, 2.75) is 19.8 Å². The highest BCUT2D eigenvalue weighted by atomic mass is 16.2. The van der Waals surface area contributed by atoms with Crippen molar-refractivity contribution >= 4 is 11.9 Å². The van der Waals surface area contributed by atoms with Crippen LogP contribution >= 0.6 is 0 Å². The molecule has 3 amide bonds. The SMILES string of the molecule is CCC(=O)NN1CCCNC1=O. The zero-order chi connectivity index (χ0) is 8.97. The maximum absolute atomic E-state index is 11.0. The topological polar surface area (TPSA) is 61.4 Å². The third-order valence-corrected chi connectivity index (χ3v) is 1.66. The van der Waals surface area contributed by atoms with Gasteiger partial charge in [0, 0.05) is 19.5 Å². The minimum atomic E-state index is -0.219. The van der Waals surface area contributed by atoms with Crippen molar-refractivity contribution in [2.75, 3.05) is 13.1 Å². The van der Waals surface area contributed by atoms with Gasteiger partial charge in [0.15, 0.2) is 0 Å². The second kappa shape index (κ2) is 3.94. The van der Waals surface area contributed by atoms with Gasteiger partial charge >= 0.3 is 6.03 Å². The van der Waals surface area contributed by atoms with Crippen LogP contribution in [0.4, 0.5) is 4.79 Å². The Morgan fingerprint density at radius 2 is 2.50 bits per heavy atom. The predicted molar refractivity (Wildman–Crippen MR) is 43.2 cm³/mol. The zero-order valence-electron chi connectivity index (χ0n) is 7.09. The molecule has 2 N–H and O–H groups in total. The van der Waals surface area contributed by atoms with Gasteiger partial charge in [0.05, 0.1) is 0 Å². The number of nitrogens with zero attached hydrogens (tertiary/aromatic N) is 1. The molecule has 1 aliphatic heterocycles. The van der Waals surface area contributed by atoms with E-state index in [9.17, 15) is 9.59 Å². The van der Waals surface area contributed by atoms with Gasteiger partial charge in [-0.3, -0.25) is 10.2 Å². The van der Waals surface area contributed by atoms with Crippen LogP contribution in [0.5, 0.6) is 0 Å². The number of rotatable bonds is 2. The van der Waals surface area contributed by atoms with Gasteiger partial charge in [-0.1, -0.05) is 6.92 Å². The molecule has 0 spiro atoms. The van der Waals surface area contributed by atoms with Crippen molar-refractivity contribution in [2.24, 2.45) is 0 Å². The van der Waals surface area contributed by atoms with Gasteiger partial charge in [0.1, 0.15) is 0 Å². The van der Waals surface area contributed by atoms with Crippen molar-refractivity contribution < 1.29 is 9.59 Å². The molecule has 0 bridgehead atoms. The average Bonchev–Trinajstić information content (AvgIpc) is 2.09. The van der Waals surface area contributed by atoms with Crippen molar-refractivity contribution in [3.8, 4) is 0 Å². The Balaban J connectivity index is 2.39. The van der Waals surface area contributed by atoms with Crippen LogP contribution in [-0.4, -0.2) is 30.0 Å². The summed E-state index contributed by atoms with van der Waals surface area (Å²) >= 11 is 0. The molecule has 68 valence electrons. The molecule has 12 heavy (non-hydrogen) atoms. The molecule has 1 heterocycles. The summed E-state index contributed by atoms with van der Waals surface area (Å²) in [5.74, 6) is -0.132. The van der Waals surface area contributed by atoms with Gasteiger partial charge < -0.3 is 5.32 Å². The number of hydrogen-bond donors (Lipinski definition) is 2. The third kappa shape index (κ3) is 2.11. The van der Waals surface area contributed by atoms with Crippen LogP contribution in [0, 0.1) is 0 Å². The summed E-state index contributed by atoms with van der Waals surface area (Å²) in [6.45, 7) is 3.03. The molecule has 5 heteroatoms. The molecule has 0 atom stereocenters. The van der Waals surface area contributed by atoms with E-state index in [0.29, 0.717) is 19.5 Å². The van der Waals surface area contributed by atoms with Gasteiger partial charge in [-0.05, 0) is 6.42 Å². The summed E-state index contributed by atoms with van der Waals surface area (Å²) in [4.78, 5) is 21.9. The van der Waals surface area contributed by atoms with Crippen molar-refractivity contribution in [1.29, 1.82) is 0 Å². The summed E-state index contributed by atoms with van der Waals surface area (Å²) in [5.41, 5.74) is 2.50. The molecule has 0 aliphatic carbocycles. The van der Waals surface area contributed by atoms with E-state index in [1.165, 1.54) is 5.01 Å². The first-order valence-electron chi connectivity index (χ1n) is 4.09. The average molecular weight is 171 g/mol. The van der Waals surface area contributed by atoms with Crippen LogP contribution in [0.1, 0.15) is 19.8 Å². The summed E-state index contributed by atoms with van der Waals surface area (Å²) in [6.07, 6.45) is 1.26. The van der Waals surface area contributed by atoms with Gasteiger partial charge in [-0.25, -0.2) is 9.80 Å². The maximum Gasteiger partial charge on any atom is 0.336 e. The smallest absolute Gasteiger partial charge is 0.336 e. The highest BCUT2D eigenvalue weighted by Gasteiger charge is 2.18. The lowest BCUT2D eigenvalue weighted by Gasteiger charge is -2.27. The van der Waals surface area contributed by atoms with E-state index < -0.39 is 0 Å². The van der Waals surface area contributed by atoms with E-state index in [0.717, 1.165) is 6.42 Å². The van der Waals surface area contributed by atoms with Crippen molar-refractivity contribution in [3.63, 3.8) is 0 Å². The van der Waals surface area contributed by atoms with Gasteiger partial charge in [0.25, 0.3) is 0 Å². The molecule has 1 saturated heterocycles. The lowest BCUT2D eigenvalue weighted by molar-refractivity contribution is -0.124. The summed E-state index contributed by atoms with van der Waals surface area (Å²) in [6, 6.07) is -0.219. The number of urea groups is 1. The number of amides is 3. The number of carbonyl (C=O) groups excluding carboxylic acids is 2. The first kappa shape index (κ1) is 8.83. The quantitative estimate of drug-likeness (QED) is 0.606. The summed E-state index contributed by atoms with van der Waals surface area (Å²) < 4.78 is 0. The van der Waals surface area contributed by atoms with E-state index in [1.807, 2.05) is 0 Å². The second-order valence-corrected chi connectivity index (χ2v) is 2.63. The fraction of sp³-hybridized carbons (Fsp3) is 0.714. The van der Waals surface area contributed by atoms with E-state index in [2.05, 4.69) is 10.7 Å². The zero-order valence-corrected chi connectivity index (χ0v) is 7.09. The first-order chi connectivity index (χ1) is 5.74. The lowest BCUT2D eigenvalue weighted by atomic mass is 10.3. The Bertz CT molecular complexity index is 193. The molecule has 0 aromatic heterocycles. The van der Waals surface area contributed by atoms with E-state index >= 15 is 0 Å². The second-order valence-electron chi connectivity index (χ2n) is 2.63. The van der Waals surface area contributed by atoms with E-state index in [1.54, 1.807) is 6.92 Å².